The molecular weight excluding hydrogens is 430 g/mol. The molecule has 8 heteroatoms. The van der Waals surface area contributed by atoms with Crippen LogP contribution in [0.4, 0.5) is 4.79 Å². The van der Waals surface area contributed by atoms with Gasteiger partial charge in [-0.3, -0.25) is 14.1 Å². The summed E-state index contributed by atoms with van der Waals surface area (Å²) >= 11 is 0. The fourth-order valence-electron chi connectivity index (χ4n) is 7.45. The van der Waals surface area contributed by atoms with Crippen LogP contribution in [0.5, 0.6) is 0 Å². The van der Waals surface area contributed by atoms with E-state index in [-0.39, 0.29) is 17.5 Å². The molecule has 4 aliphatic carbocycles. The predicted molar refractivity (Wildman–Crippen MR) is 127 cm³/mol. The Bertz CT molecular complexity index is 1050. The van der Waals surface area contributed by atoms with Crippen molar-refractivity contribution >= 4 is 17.5 Å². The topological polar surface area (TPSA) is 79.2 Å². The first kappa shape index (κ1) is 21.9. The SMILES string of the molecule is CCOC(=O)N1CCN(Cc2nc(C(=O)NC34CC5CC(CC(C5)C3)C4)n3ccccc23)CC1. The first-order valence-electron chi connectivity index (χ1n) is 12.9. The van der Waals surface area contributed by atoms with E-state index in [0.29, 0.717) is 32.1 Å². The molecule has 7 rings (SSSR count). The zero-order valence-corrected chi connectivity index (χ0v) is 20.0. The minimum absolute atomic E-state index is 0.0317. The van der Waals surface area contributed by atoms with Crippen LogP contribution in [0.1, 0.15) is 61.8 Å². The first-order valence-corrected chi connectivity index (χ1v) is 12.9. The van der Waals surface area contributed by atoms with Gasteiger partial charge in [0.2, 0.25) is 5.82 Å². The molecule has 4 saturated carbocycles. The molecule has 0 spiro atoms. The number of pyridine rings is 1. The molecule has 3 heterocycles. The number of imidazole rings is 1. The number of nitrogens with one attached hydrogen (secondary N) is 1. The summed E-state index contributed by atoms with van der Waals surface area (Å²) < 4.78 is 7.07. The van der Waals surface area contributed by atoms with Crippen LogP contribution >= 0.6 is 0 Å². The molecule has 0 atom stereocenters. The summed E-state index contributed by atoms with van der Waals surface area (Å²) in [5.74, 6) is 2.81. The van der Waals surface area contributed by atoms with Crippen molar-refractivity contribution in [3.05, 3.63) is 35.9 Å². The standard InChI is InChI=1S/C26H35N5O3/c1-2-34-25(33)30-9-7-29(8-10-30)17-21-22-5-3-4-6-31(22)23(27-21)24(32)28-26-14-18-11-19(15-26)13-20(12-18)16-26/h3-6,18-20H,2,7-17H2,1H3,(H,28,32). The maximum Gasteiger partial charge on any atom is 0.409 e. The maximum absolute atomic E-state index is 13.6. The Morgan fingerprint density at radius 2 is 1.74 bits per heavy atom. The number of hydrogen-bond acceptors (Lipinski definition) is 5. The molecule has 34 heavy (non-hydrogen) atoms. The lowest BCUT2D eigenvalue weighted by molar-refractivity contribution is -0.0169. The van der Waals surface area contributed by atoms with Crippen LogP contribution in [0.3, 0.4) is 0 Å². The summed E-state index contributed by atoms with van der Waals surface area (Å²) in [6.45, 7) is 5.70. The normalized spacial score (nSPS) is 30.6. The van der Waals surface area contributed by atoms with E-state index >= 15 is 0 Å². The molecule has 1 N–H and O–H groups in total. The van der Waals surface area contributed by atoms with E-state index < -0.39 is 0 Å². The molecule has 1 saturated heterocycles. The second kappa shape index (κ2) is 8.56. The zero-order valence-electron chi connectivity index (χ0n) is 20.0. The minimum atomic E-state index is -0.238. The van der Waals surface area contributed by atoms with Gasteiger partial charge in [0, 0.05) is 44.5 Å². The number of fused-ring (bicyclic) bond motifs is 1. The third-order valence-electron chi connectivity index (χ3n) is 8.52. The number of nitrogens with zero attached hydrogens (tertiary/aromatic N) is 4. The van der Waals surface area contributed by atoms with E-state index in [1.807, 2.05) is 35.7 Å². The zero-order chi connectivity index (χ0) is 23.3. The smallest absolute Gasteiger partial charge is 0.409 e. The Balaban J connectivity index is 1.18. The Kier molecular flexibility index (Phi) is 5.51. The van der Waals surface area contributed by atoms with Crippen LogP contribution in [0.15, 0.2) is 24.4 Å². The van der Waals surface area contributed by atoms with Gasteiger partial charge in [-0.25, -0.2) is 9.78 Å². The number of hydrogen-bond donors (Lipinski definition) is 1. The molecule has 2 aromatic heterocycles. The number of piperazine rings is 1. The van der Waals surface area contributed by atoms with Gasteiger partial charge in [-0.15, -0.1) is 0 Å². The van der Waals surface area contributed by atoms with Crippen LogP contribution in [-0.4, -0.2) is 69.5 Å². The number of ether oxygens (including phenoxy) is 1. The number of amides is 2. The van der Waals surface area contributed by atoms with Crippen LogP contribution in [-0.2, 0) is 11.3 Å². The summed E-state index contributed by atoms with van der Waals surface area (Å²) in [6.07, 6.45) is 9.17. The van der Waals surface area contributed by atoms with Crippen molar-refractivity contribution in [2.45, 2.75) is 57.5 Å². The molecular formula is C26H35N5O3. The van der Waals surface area contributed by atoms with E-state index in [1.54, 1.807) is 4.90 Å². The molecule has 182 valence electrons. The largest absolute Gasteiger partial charge is 0.450 e. The van der Waals surface area contributed by atoms with Gasteiger partial charge in [0.15, 0.2) is 0 Å². The van der Waals surface area contributed by atoms with Crippen LogP contribution in [0.25, 0.3) is 5.52 Å². The van der Waals surface area contributed by atoms with Gasteiger partial charge >= 0.3 is 6.09 Å². The van der Waals surface area contributed by atoms with Crippen molar-refractivity contribution in [3.8, 4) is 0 Å². The van der Waals surface area contributed by atoms with Crippen LogP contribution in [0.2, 0.25) is 0 Å². The maximum atomic E-state index is 13.6. The monoisotopic (exact) mass is 465 g/mol. The Hall–Kier alpha value is -2.61. The van der Waals surface area contributed by atoms with Crippen molar-refractivity contribution in [2.75, 3.05) is 32.8 Å². The summed E-state index contributed by atoms with van der Waals surface area (Å²) in [5.41, 5.74) is 1.86. The van der Waals surface area contributed by atoms with E-state index in [0.717, 1.165) is 61.3 Å². The lowest BCUT2D eigenvalue weighted by Crippen LogP contribution is -2.60. The van der Waals surface area contributed by atoms with Crippen molar-refractivity contribution in [1.82, 2.24) is 24.5 Å². The van der Waals surface area contributed by atoms with Crippen molar-refractivity contribution in [3.63, 3.8) is 0 Å². The highest BCUT2D eigenvalue weighted by Gasteiger charge is 2.51. The van der Waals surface area contributed by atoms with Crippen molar-refractivity contribution < 1.29 is 14.3 Å². The Morgan fingerprint density at radius 3 is 2.38 bits per heavy atom. The molecule has 0 aromatic carbocycles. The van der Waals surface area contributed by atoms with Crippen molar-refractivity contribution in [2.24, 2.45) is 17.8 Å². The van der Waals surface area contributed by atoms with E-state index in [2.05, 4.69) is 10.2 Å². The highest BCUT2D eigenvalue weighted by Crippen LogP contribution is 2.55. The predicted octanol–water partition coefficient (Wildman–Crippen LogP) is 3.31. The molecule has 5 aliphatic rings. The fourth-order valence-corrected chi connectivity index (χ4v) is 7.45. The lowest BCUT2D eigenvalue weighted by Gasteiger charge is -2.56. The second-order valence-corrected chi connectivity index (χ2v) is 11.0. The number of carbonyl (C=O) groups excluding carboxylic acids is 2. The van der Waals surface area contributed by atoms with Gasteiger partial charge in [0.05, 0.1) is 17.8 Å². The molecule has 8 nitrogen and oxygen atoms in total. The van der Waals surface area contributed by atoms with Gasteiger partial charge < -0.3 is 15.0 Å². The molecule has 0 radical (unpaired) electrons. The Morgan fingerprint density at radius 1 is 1.06 bits per heavy atom. The average molecular weight is 466 g/mol. The first-order chi connectivity index (χ1) is 16.5. The molecule has 2 aromatic rings. The minimum Gasteiger partial charge on any atom is -0.450 e. The highest BCUT2D eigenvalue weighted by atomic mass is 16.6. The molecule has 5 fully saturated rings. The van der Waals surface area contributed by atoms with Gasteiger partial charge in [-0.1, -0.05) is 6.07 Å². The summed E-state index contributed by atoms with van der Waals surface area (Å²) in [6, 6.07) is 6.00. The summed E-state index contributed by atoms with van der Waals surface area (Å²) in [7, 11) is 0. The molecule has 0 unspecified atom stereocenters. The third-order valence-corrected chi connectivity index (χ3v) is 8.52. The van der Waals surface area contributed by atoms with Crippen molar-refractivity contribution in [1.29, 1.82) is 0 Å². The van der Waals surface area contributed by atoms with Gasteiger partial charge in [0.1, 0.15) is 0 Å². The van der Waals surface area contributed by atoms with E-state index in [4.69, 9.17) is 9.72 Å². The average Bonchev–Trinajstić information content (AvgIpc) is 3.17. The van der Waals surface area contributed by atoms with Crippen LogP contribution < -0.4 is 5.32 Å². The number of rotatable bonds is 5. The van der Waals surface area contributed by atoms with E-state index in [9.17, 15) is 9.59 Å². The lowest BCUT2D eigenvalue weighted by atomic mass is 9.53. The molecule has 2 amide bonds. The fraction of sp³-hybridized carbons (Fsp3) is 0.654. The molecule has 4 bridgehead atoms. The highest BCUT2D eigenvalue weighted by molar-refractivity contribution is 5.92. The summed E-state index contributed by atoms with van der Waals surface area (Å²) in [4.78, 5) is 34.5. The van der Waals surface area contributed by atoms with Gasteiger partial charge in [-0.05, 0) is 75.3 Å². The quantitative estimate of drug-likeness (QED) is 0.733. The molecule has 1 aliphatic heterocycles. The van der Waals surface area contributed by atoms with Crippen LogP contribution in [0, 0.1) is 17.8 Å². The van der Waals surface area contributed by atoms with E-state index in [1.165, 1.54) is 19.3 Å². The van der Waals surface area contributed by atoms with Gasteiger partial charge in [-0.2, -0.15) is 0 Å². The number of carbonyl (C=O) groups is 2. The summed E-state index contributed by atoms with van der Waals surface area (Å²) in [5, 5.41) is 3.49. The number of aromatic nitrogens is 2. The van der Waals surface area contributed by atoms with Gasteiger partial charge in [0.25, 0.3) is 5.91 Å². The second-order valence-electron chi connectivity index (χ2n) is 11.0. The Labute approximate surface area is 200 Å². The third kappa shape index (κ3) is 3.96.